The van der Waals surface area contributed by atoms with Gasteiger partial charge in [-0.3, -0.25) is 19.3 Å². The van der Waals surface area contributed by atoms with Crippen LogP contribution in [0.3, 0.4) is 0 Å². The van der Waals surface area contributed by atoms with Crippen LogP contribution in [0, 0.1) is 0 Å². The second-order valence-electron chi connectivity index (χ2n) is 11.2. The first kappa shape index (κ1) is 32.8. The van der Waals surface area contributed by atoms with Crippen molar-refractivity contribution in [2.24, 2.45) is 5.73 Å². The zero-order chi connectivity index (χ0) is 31.6. The predicted molar refractivity (Wildman–Crippen MR) is 167 cm³/mol. The van der Waals surface area contributed by atoms with E-state index < -0.39 is 29.5 Å². The fourth-order valence-electron chi connectivity index (χ4n) is 4.75. The van der Waals surface area contributed by atoms with Crippen LogP contribution in [-0.2, 0) is 32.0 Å². The summed E-state index contributed by atoms with van der Waals surface area (Å²) in [5.41, 5.74) is 8.52. The maximum Gasteiger partial charge on any atom is 0.352 e. The Morgan fingerprint density at radius 1 is 0.860 bits per heavy atom. The van der Waals surface area contributed by atoms with E-state index in [1.165, 1.54) is 25.1 Å². The molecule has 0 spiro atoms. The highest BCUT2D eigenvalue weighted by Gasteiger charge is 2.36. The van der Waals surface area contributed by atoms with Crippen molar-refractivity contribution >= 4 is 24.2 Å². The highest BCUT2D eigenvalue weighted by Crippen LogP contribution is 2.23. The van der Waals surface area contributed by atoms with Gasteiger partial charge in [0.1, 0.15) is 17.8 Å². The van der Waals surface area contributed by atoms with Crippen molar-refractivity contribution in [3.63, 3.8) is 0 Å². The fraction of sp³-hybridized carbons (Fsp3) is 0.294. The number of amides is 3. The summed E-state index contributed by atoms with van der Waals surface area (Å²) < 4.78 is 0. The highest BCUT2D eigenvalue weighted by atomic mass is 16.4. The molecule has 3 aromatic rings. The molecule has 0 aromatic heterocycles. The van der Waals surface area contributed by atoms with Crippen LogP contribution in [-0.4, -0.2) is 70.8 Å². The summed E-state index contributed by atoms with van der Waals surface area (Å²) in [5, 5.41) is 12.7. The lowest BCUT2D eigenvalue weighted by Crippen LogP contribution is -2.55. The molecule has 0 aliphatic heterocycles. The number of carboxylic acids is 1. The Morgan fingerprint density at radius 2 is 1.37 bits per heavy atom. The lowest BCUT2D eigenvalue weighted by Gasteiger charge is -2.34. The van der Waals surface area contributed by atoms with Gasteiger partial charge in [0.05, 0.1) is 0 Å². The Morgan fingerprint density at radius 3 is 1.88 bits per heavy atom. The smallest absolute Gasteiger partial charge is 0.352 e. The zero-order valence-corrected chi connectivity index (χ0v) is 25.1. The first-order valence-electron chi connectivity index (χ1n) is 14.1. The first-order valence-corrected chi connectivity index (χ1v) is 14.1. The van der Waals surface area contributed by atoms with Crippen molar-refractivity contribution < 1.29 is 24.3 Å². The molecule has 2 atom stereocenters. The summed E-state index contributed by atoms with van der Waals surface area (Å²) in [7, 11) is 2.98. The Kier molecular flexibility index (Phi) is 11.4. The Balaban J connectivity index is 2.04. The van der Waals surface area contributed by atoms with E-state index in [9.17, 15) is 24.3 Å². The van der Waals surface area contributed by atoms with Crippen LogP contribution in [0.5, 0.6) is 0 Å². The Labute approximate surface area is 253 Å². The second kappa shape index (κ2) is 14.9. The molecule has 3 aromatic carbocycles. The van der Waals surface area contributed by atoms with E-state index in [0.29, 0.717) is 12.0 Å². The Bertz CT molecular complexity index is 1420. The predicted octanol–water partition coefficient (Wildman–Crippen LogP) is 3.63. The largest absolute Gasteiger partial charge is 0.477 e. The van der Waals surface area contributed by atoms with Crippen LogP contribution in [0.1, 0.15) is 31.4 Å². The molecule has 0 aliphatic carbocycles. The monoisotopic (exact) mass is 584 g/mol. The molecular formula is C34H40N4O5. The van der Waals surface area contributed by atoms with Gasteiger partial charge in [-0.2, -0.15) is 0 Å². The molecule has 0 saturated carbocycles. The fourth-order valence-corrected chi connectivity index (χ4v) is 4.75. The van der Waals surface area contributed by atoms with Crippen LogP contribution >= 0.6 is 0 Å². The molecule has 0 aliphatic rings. The van der Waals surface area contributed by atoms with Crippen LogP contribution in [0.25, 0.3) is 11.1 Å². The number of carbonyl (C=O) groups is 4. The molecular weight excluding hydrogens is 544 g/mol. The molecule has 0 bridgehead atoms. The van der Waals surface area contributed by atoms with Crippen LogP contribution < -0.4 is 11.1 Å². The molecule has 3 amide bonds. The number of carboxylic acid groups (broad SMARTS) is 1. The molecule has 4 N–H and O–H groups in total. The molecule has 0 unspecified atom stereocenters. The molecule has 0 radical (unpaired) electrons. The number of hydrogen-bond acceptors (Lipinski definition) is 5. The topological polar surface area (TPSA) is 133 Å². The van der Waals surface area contributed by atoms with Gasteiger partial charge in [-0.15, -0.1) is 0 Å². The Hall–Kier alpha value is -4.76. The number of benzene rings is 3. The third kappa shape index (κ3) is 9.11. The molecule has 0 saturated heterocycles. The lowest BCUT2D eigenvalue weighted by molar-refractivity contribution is -0.146. The SMILES string of the molecule is CNC(=O)[C@@H](Cc1ccccc1)N(C)C(=O)[C@@H](Cc1ccc(-c2ccccc2)cc1)N(C=O)C(=CCC(C)(C)N)C(=O)O. The summed E-state index contributed by atoms with van der Waals surface area (Å²) in [6, 6.07) is 24.4. The highest BCUT2D eigenvalue weighted by molar-refractivity contribution is 5.94. The normalized spacial score (nSPS) is 13.0. The van der Waals surface area contributed by atoms with Gasteiger partial charge in [0.25, 0.3) is 0 Å². The summed E-state index contributed by atoms with van der Waals surface area (Å²) in [6.45, 7) is 3.47. The van der Waals surface area contributed by atoms with E-state index in [0.717, 1.165) is 21.6 Å². The number of nitrogens with zero attached hydrogens (tertiary/aromatic N) is 2. The zero-order valence-electron chi connectivity index (χ0n) is 25.1. The van der Waals surface area contributed by atoms with Gasteiger partial charge >= 0.3 is 5.97 Å². The number of carbonyl (C=O) groups excluding carboxylic acids is 3. The average molecular weight is 585 g/mol. The number of hydrogen-bond donors (Lipinski definition) is 3. The third-order valence-corrected chi connectivity index (χ3v) is 7.18. The van der Waals surface area contributed by atoms with Gasteiger partial charge < -0.3 is 21.1 Å². The van der Waals surface area contributed by atoms with E-state index in [4.69, 9.17) is 5.73 Å². The number of rotatable bonds is 14. The summed E-state index contributed by atoms with van der Waals surface area (Å²) >= 11 is 0. The van der Waals surface area contributed by atoms with E-state index in [-0.39, 0.29) is 30.9 Å². The van der Waals surface area contributed by atoms with Crippen molar-refractivity contribution in [1.29, 1.82) is 0 Å². The minimum Gasteiger partial charge on any atom is -0.477 e. The van der Waals surface area contributed by atoms with Crippen LogP contribution in [0.15, 0.2) is 96.7 Å². The number of nitrogens with two attached hydrogens (primary N) is 1. The van der Waals surface area contributed by atoms with Gasteiger partial charge in [0, 0.05) is 32.5 Å². The summed E-state index contributed by atoms with van der Waals surface area (Å²) in [6.07, 6.45) is 2.10. The van der Waals surface area contributed by atoms with Crippen molar-refractivity contribution in [2.75, 3.05) is 14.1 Å². The van der Waals surface area contributed by atoms with E-state index in [2.05, 4.69) is 5.32 Å². The molecule has 9 heteroatoms. The van der Waals surface area contributed by atoms with Gasteiger partial charge in [-0.25, -0.2) is 4.79 Å². The van der Waals surface area contributed by atoms with E-state index in [1.54, 1.807) is 13.8 Å². The molecule has 3 rings (SSSR count). The molecule has 226 valence electrons. The second-order valence-corrected chi connectivity index (χ2v) is 11.2. The van der Waals surface area contributed by atoms with E-state index in [1.807, 2.05) is 84.9 Å². The van der Waals surface area contributed by atoms with Crippen molar-refractivity contribution in [2.45, 2.75) is 50.7 Å². The number of aliphatic carboxylic acids is 1. The van der Waals surface area contributed by atoms with Gasteiger partial charge in [0.15, 0.2) is 0 Å². The first-order chi connectivity index (χ1) is 20.4. The quantitative estimate of drug-likeness (QED) is 0.196. The van der Waals surface area contributed by atoms with Gasteiger partial charge in [0.2, 0.25) is 18.2 Å². The van der Waals surface area contributed by atoms with Gasteiger partial charge in [-0.1, -0.05) is 91.0 Å². The minimum atomic E-state index is -1.37. The lowest BCUT2D eigenvalue weighted by atomic mass is 9.97. The van der Waals surface area contributed by atoms with Crippen molar-refractivity contribution in [1.82, 2.24) is 15.1 Å². The minimum absolute atomic E-state index is 0.0133. The summed E-state index contributed by atoms with van der Waals surface area (Å²) in [4.78, 5) is 54.4. The van der Waals surface area contributed by atoms with Crippen LogP contribution in [0.4, 0.5) is 0 Å². The van der Waals surface area contributed by atoms with Crippen molar-refractivity contribution in [3.05, 3.63) is 108 Å². The maximum absolute atomic E-state index is 14.2. The molecule has 9 nitrogen and oxygen atoms in total. The maximum atomic E-state index is 14.2. The number of likely N-dealkylation sites (N-methyl/N-ethyl adjacent to an activating group) is 2. The third-order valence-electron chi connectivity index (χ3n) is 7.18. The summed E-state index contributed by atoms with van der Waals surface area (Å²) in [5.74, 6) is -2.34. The molecule has 0 heterocycles. The van der Waals surface area contributed by atoms with E-state index >= 15 is 0 Å². The molecule has 0 fully saturated rings. The molecule has 43 heavy (non-hydrogen) atoms. The number of nitrogens with one attached hydrogen (secondary N) is 1. The van der Waals surface area contributed by atoms with Crippen molar-refractivity contribution in [3.8, 4) is 11.1 Å². The van der Waals surface area contributed by atoms with Gasteiger partial charge in [-0.05, 0) is 42.5 Å². The standard InChI is InChI=1S/C34H40N4O5/c1-34(2,35)20-19-28(33(42)43)38(23-39)30(22-25-15-17-27(18-16-25)26-13-9-6-10-14-26)32(41)37(4)29(31(40)36-3)21-24-11-7-5-8-12-24/h5-19,23,29-30H,20-22,35H2,1-4H3,(H,36,40)(H,42,43)/t29-,30-/m1/s1. The van der Waals surface area contributed by atoms with Crippen LogP contribution in [0.2, 0.25) is 0 Å². The average Bonchev–Trinajstić information content (AvgIpc) is 3.00.